The fourth-order valence-corrected chi connectivity index (χ4v) is 5.20. The van der Waals surface area contributed by atoms with E-state index in [4.69, 9.17) is 4.74 Å². The average Bonchev–Trinajstić information content (AvgIpc) is 3.31. The highest BCUT2D eigenvalue weighted by Gasteiger charge is 2.33. The second kappa shape index (κ2) is 10.7. The fraction of sp³-hybridized carbons (Fsp3) is 0.333. The van der Waals surface area contributed by atoms with Gasteiger partial charge in [-0.05, 0) is 54.5 Å². The Labute approximate surface area is 199 Å². The van der Waals surface area contributed by atoms with Crippen LogP contribution in [0.25, 0.3) is 0 Å². The van der Waals surface area contributed by atoms with Crippen LogP contribution in [0.4, 0.5) is 0 Å². The molecule has 2 amide bonds. The third-order valence-electron chi connectivity index (χ3n) is 6.16. The van der Waals surface area contributed by atoms with Crippen LogP contribution in [0.5, 0.6) is 5.75 Å². The van der Waals surface area contributed by atoms with Gasteiger partial charge < -0.3 is 14.5 Å². The van der Waals surface area contributed by atoms with Gasteiger partial charge in [-0.3, -0.25) is 9.59 Å². The molecule has 0 fully saturated rings. The van der Waals surface area contributed by atoms with Crippen molar-refractivity contribution in [3.63, 3.8) is 0 Å². The van der Waals surface area contributed by atoms with Gasteiger partial charge in [-0.2, -0.15) is 0 Å². The molecule has 6 heteroatoms. The van der Waals surface area contributed by atoms with Crippen LogP contribution in [-0.4, -0.2) is 47.9 Å². The van der Waals surface area contributed by atoms with Crippen LogP contribution < -0.4 is 4.74 Å². The van der Waals surface area contributed by atoms with E-state index in [9.17, 15) is 9.59 Å². The number of aryl methyl sites for hydroxylation is 1. The lowest BCUT2D eigenvalue weighted by Gasteiger charge is -2.37. The van der Waals surface area contributed by atoms with Gasteiger partial charge >= 0.3 is 0 Å². The van der Waals surface area contributed by atoms with Crippen molar-refractivity contribution in [3.8, 4) is 5.75 Å². The minimum Gasteiger partial charge on any atom is -0.491 e. The molecule has 1 aliphatic rings. The number of likely N-dealkylation sites (N-methyl/N-ethyl adjacent to an activating group) is 1. The van der Waals surface area contributed by atoms with Crippen LogP contribution in [0.2, 0.25) is 0 Å². The SMILES string of the molecule is CCN(CC(=O)N1CCc2sccc2C1COc1ccccc1C)C(=O)Cc1ccccc1. The van der Waals surface area contributed by atoms with Gasteiger partial charge in [-0.25, -0.2) is 0 Å². The number of thiophene rings is 1. The molecule has 1 aromatic heterocycles. The maximum absolute atomic E-state index is 13.4. The zero-order valence-corrected chi connectivity index (χ0v) is 20.0. The molecule has 0 radical (unpaired) electrons. The lowest BCUT2D eigenvalue weighted by Crippen LogP contribution is -2.48. The molecule has 0 spiro atoms. The van der Waals surface area contributed by atoms with E-state index in [2.05, 4.69) is 11.4 Å². The van der Waals surface area contributed by atoms with Gasteiger partial charge in [0.2, 0.25) is 11.8 Å². The Morgan fingerprint density at radius 1 is 1.09 bits per heavy atom. The summed E-state index contributed by atoms with van der Waals surface area (Å²) in [6.45, 7) is 5.56. The highest BCUT2D eigenvalue weighted by atomic mass is 32.1. The molecule has 0 N–H and O–H groups in total. The Morgan fingerprint density at radius 3 is 2.61 bits per heavy atom. The summed E-state index contributed by atoms with van der Waals surface area (Å²) < 4.78 is 6.17. The van der Waals surface area contributed by atoms with Gasteiger partial charge in [-0.1, -0.05) is 48.5 Å². The van der Waals surface area contributed by atoms with E-state index < -0.39 is 0 Å². The van der Waals surface area contributed by atoms with Crippen molar-refractivity contribution in [2.24, 2.45) is 0 Å². The summed E-state index contributed by atoms with van der Waals surface area (Å²) in [4.78, 5) is 31.2. The normalized spacial score (nSPS) is 15.1. The van der Waals surface area contributed by atoms with Crippen molar-refractivity contribution in [3.05, 3.63) is 87.6 Å². The molecule has 0 aliphatic carbocycles. The number of amides is 2. The summed E-state index contributed by atoms with van der Waals surface area (Å²) in [6, 6.07) is 19.5. The summed E-state index contributed by atoms with van der Waals surface area (Å²) in [7, 11) is 0. The molecule has 33 heavy (non-hydrogen) atoms. The molecule has 1 aliphatic heterocycles. The molecule has 1 unspecified atom stereocenters. The zero-order valence-electron chi connectivity index (χ0n) is 19.2. The number of carbonyl (C=O) groups is 2. The van der Waals surface area contributed by atoms with Gasteiger partial charge in [0.1, 0.15) is 12.4 Å². The van der Waals surface area contributed by atoms with Crippen LogP contribution >= 0.6 is 11.3 Å². The molecule has 0 saturated heterocycles. The Kier molecular flexibility index (Phi) is 7.45. The van der Waals surface area contributed by atoms with Crippen molar-refractivity contribution < 1.29 is 14.3 Å². The predicted molar refractivity (Wildman–Crippen MR) is 132 cm³/mol. The average molecular weight is 463 g/mol. The molecule has 4 rings (SSSR count). The second-order valence-corrected chi connectivity index (χ2v) is 9.30. The zero-order chi connectivity index (χ0) is 23.2. The Bertz CT molecular complexity index is 1100. The number of carbonyl (C=O) groups excluding carboxylic acids is 2. The number of nitrogens with zero attached hydrogens (tertiary/aromatic N) is 2. The minimum absolute atomic E-state index is 0.0296. The second-order valence-electron chi connectivity index (χ2n) is 8.30. The smallest absolute Gasteiger partial charge is 0.242 e. The first kappa shape index (κ1) is 23.1. The number of hydrogen-bond acceptors (Lipinski definition) is 4. The minimum atomic E-state index is -0.157. The lowest BCUT2D eigenvalue weighted by atomic mass is 10.00. The monoisotopic (exact) mass is 462 g/mol. The summed E-state index contributed by atoms with van der Waals surface area (Å²) in [5.74, 6) is 0.770. The van der Waals surface area contributed by atoms with Crippen molar-refractivity contribution in [2.75, 3.05) is 26.2 Å². The van der Waals surface area contributed by atoms with Crippen LogP contribution in [0.3, 0.4) is 0 Å². The van der Waals surface area contributed by atoms with Crippen LogP contribution in [0.15, 0.2) is 66.0 Å². The fourth-order valence-electron chi connectivity index (χ4n) is 4.27. The molecule has 2 heterocycles. The van der Waals surface area contributed by atoms with Crippen molar-refractivity contribution >= 4 is 23.2 Å². The molecule has 5 nitrogen and oxygen atoms in total. The molecule has 0 bridgehead atoms. The molecular formula is C27H30N2O3S. The van der Waals surface area contributed by atoms with E-state index >= 15 is 0 Å². The van der Waals surface area contributed by atoms with E-state index in [0.29, 0.717) is 26.1 Å². The Balaban J connectivity index is 1.47. The Hall–Kier alpha value is -3.12. The van der Waals surface area contributed by atoms with Crippen molar-refractivity contribution in [1.29, 1.82) is 0 Å². The predicted octanol–water partition coefficient (Wildman–Crippen LogP) is 4.65. The van der Waals surface area contributed by atoms with Gasteiger partial charge in [-0.15, -0.1) is 11.3 Å². The van der Waals surface area contributed by atoms with Gasteiger partial charge in [0.05, 0.1) is 19.0 Å². The lowest BCUT2D eigenvalue weighted by molar-refractivity contribution is -0.142. The summed E-state index contributed by atoms with van der Waals surface area (Å²) in [6.07, 6.45) is 1.14. The van der Waals surface area contributed by atoms with E-state index in [1.165, 1.54) is 4.88 Å². The topological polar surface area (TPSA) is 49.9 Å². The quantitative estimate of drug-likeness (QED) is 0.490. The van der Waals surface area contributed by atoms with E-state index in [-0.39, 0.29) is 24.4 Å². The third-order valence-corrected chi connectivity index (χ3v) is 7.16. The first-order valence-corrected chi connectivity index (χ1v) is 12.3. The van der Waals surface area contributed by atoms with Crippen LogP contribution in [-0.2, 0) is 22.4 Å². The molecule has 2 aromatic carbocycles. The number of hydrogen-bond donors (Lipinski definition) is 0. The van der Waals surface area contributed by atoms with Crippen molar-refractivity contribution in [2.45, 2.75) is 32.7 Å². The number of rotatable bonds is 8. The molecule has 172 valence electrons. The first-order valence-electron chi connectivity index (χ1n) is 11.4. The summed E-state index contributed by atoms with van der Waals surface area (Å²) in [5.41, 5.74) is 3.19. The molecule has 3 aromatic rings. The van der Waals surface area contributed by atoms with Crippen LogP contribution in [0, 0.1) is 6.92 Å². The van der Waals surface area contributed by atoms with Gasteiger partial charge in [0, 0.05) is 18.0 Å². The number of para-hydroxylation sites is 1. The van der Waals surface area contributed by atoms with Gasteiger partial charge in [0.15, 0.2) is 0 Å². The third kappa shape index (κ3) is 5.45. The summed E-state index contributed by atoms with van der Waals surface area (Å²) >= 11 is 1.73. The van der Waals surface area contributed by atoms with E-state index in [1.54, 1.807) is 16.2 Å². The maximum Gasteiger partial charge on any atom is 0.242 e. The van der Waals surface area contributed by atoms with E-state index in [1.807, 2.05) is 73.3 Å². The Morgan fingerprint density at radius 2 is 1.85 bits per heavy atom. The molecule has 0 saturated carbocycles. The van der Waals surface area contributed by atoms with E-state index in [0.717, 1.165) is 28.9 Å². The highest BCUT2D eigenvalue weighted by molar-refractivity contribution is 7.10. The number of ether oxygens (including phenoxy) is 1. The van der Waals surface area contributed by atoms with Crippen LogP contribution in [0.1, 0.15) is 34.5 Å². The molecular weight excluding hydrogens is 432 g/mol. The molecule has 1 atom stereocenters. The largest absolute Gasteiger partial charge is 0.491 e. The van der Waals surface area contributed by atoms with Gasteiger partial charge in [0.25, 0.3) is 0 Å². The van der Waals surface area contributed by atoms with Crippen molar-refractivity contribution in [1.82, 2.24) is 9.80 Å². The standard InChI is InChI=1S/C27H30N2O3S/c1-3-28(26(30)17-21-10-5-4-6-11-21)18-27(31)29-15-13-25-22(14-16-33-25)23(29)19-32-24-12-8-7-9-20(24)2/h4-12,14,16,23H,3,13,15,17-19H2,1-2H3. The summed E-state index contributed by atoms with van der Waals surface area (Å²) in [5, 5.41) is 2.08. The first-order chi connectivity index (χ1) is 16.1. The highest BCUT2D eigenvalue weighted by Crippen LogP contribution is 2.34. The maximum atomic E-state index is 13.4. The number of benzene rings is 2. The number of fused-ring (bicyclic) bond motifs is 1.